The van der Waals surface area contributed by atoms with Crippen molar-refractivity contribution in [2.45, 2.75) is 13.3 Å². The minimum atomic E-state index is 0.0942. The van der Waals surface area contributed by atoms with E-state index in [0.717, 1.165) is 5.56 Å². The average molecular weight is 229 g/mol. The maximum absolute atomic E-state index is 10.7. The van der Waals surface area contributed by atoms with Gasteiger partial charge in [0.15, 0.2) is 0 Å². The molecule has 0 amide bonds. The second-order valence-electron chi connectivity index (χ2n) is 2.66. The Bertz CT molecular complexity index is 307. The van der Waals surface area contributed by atoms with Crippen LogP contribution in [0.3, 0.4) is 0 Å². The number of phenolic OH excluding ortho intramolecular Hbond substituents is 1. The van der Waals surface area contributed by atoms with E-state index in [4.69, 9.17) is 0 Å². The summed E-state index contributed by atoms with van der Waals surface area (Å²) >= 11 is 3.16. The highest BCUT2D eigenvalue weighted by atomic mass is 79.9. The van der Waals surface area contributed by atoms with Crippen LogP contribution in [0.25, 0.3) is 0 Å². The van der Waals surface area contributed by atoms with Gasteiger partial charge < -0.3 is 5.11 Å². The van der Waals surface area contributed by atoms with Gasteiger partial charge in [-0.15, -0.1) is 0 Å². The molecule has 1 N–H and O–H groups in total. The standard InChI is InChI=1S/C9H9BrO2/c1-6(11)4-7-2-3-8(10)9(12)5-7/h2-3,5,12H,4H2,1H3. The first-order valence-corrected chi connectivity index (χ1v) is 4.35. The summed E-state index contributed by atoms with van der Waals surface area (Å²) in [5.41, 5.74) is 0.836. The van der Waals surface area contributed by atoms with Crippen LogP contribution in [0, 0.1) is 0 Å². The molecule has 1 aromatic carbocycles. The van der Waals surface area contributed by atoms with Crippen LogP contribution in [0.1, 0.15) is 12.5 Å². The topological polar surface area (TPSA) is 37.3 Å². The molecule has 0 aliphatic rings. The van der Waals surface area contributed by atoms with Crippen molar-refractivity contribution < 1.29 is 9.90 Å². The summed E-state index contributed by atoms with van der Waals surface area (Å²) in [6.45, 7) is 1.53. The zero-order chi connectivity index (χ0) is 9.14. The first-order valence-electron chi connectivity index (χ1n) is 3.56. The van der Waals surface area contributed by atoms with Gasteiger partial charge >= 0.3 is 0 Å². The van der Waals surface area contributed by atoms with Crippen LogP contribution in [-0.2, 0) is 11.2 Å². The van der Waals surface area contributed by atoms with E-state index < -0.39 is 0 Å². The fourth-order valence-electron chi connectivity index (χ4n) is 0.956. The maximum atomic E-state index is 10.7. The second-order valence-corrected chi connectivity index (χ2v) is 3.52. The van der Waals surface area contributed by atoms with Gasteiger partial charge in [-0.3, -0.25) is 4.79 Å². The van der Waals surface area contributed by atoms with E-state index in [0.29, 0.717) is 10.9 Å². The lowest BCUT2D eigenvalue weighted by Crippen LogP contribution is -1.95. The lowest BCUT2D eigenvalue weighted by atomic mass is 10.1. The van der Waals surface area contributed by atoms with Crippen molar-refractivity contribution in [2.75, 3.05) is 0 Å². The van der Waals surface area contributed by atoms with Gasteiger partial charge in [0.2, 0.25) is 0 Å². The molecule has 0 unspecified atom stereocenters. The number of hydrogen-bond acceptors (Lipinski definition) is 2. The van der Waals surface area contributed by atoms with Gasteiger partial charge in [0.05, 0.1) is 4.47 Å². The monoisotopic (exact) mass is 228 g/mol. The number of phenols is 1. The molecular formula is C9H9BrO2. The molecule has 0 bridgehead atoms. The van der Waals surface area contributed by atoms with Gasteiger partial charge in [0.1, 0.15) is 11.5 Å². The molecule has 64 valence electrons. The summed E-state index contributed by atoms with van der Waals surface area (Å²) in [6.07, 6.45) is 0.376. The molecule has 3 heteroatoms. The normalized spacial score (nSPS) is 9.83. The Morgan fingerprint density at radius 1 is 1.58 bits per heavy atom. The zero-order valence-corrected chi connectivity index (χ0v) is 8.26. The molecule has 1 aromatic rings. The molecule has 12 heavy (non-hydrogen) atoms. The van der Waals surface area contributed by atoms with E-state index in [2.05, 4.69) is 15.9 Å². The Balaban J connectivity index is 2.89. The first kappa shape index (κ1) is 9.26. The third-order valence-electron chi connectivity index (χ3n) is 1.46. The molecule has 1 rings (SSSR count). The Kier molecular flexibility index (Phi) is 2.87. The molecule has 2 nitrogen and oxygen atoms in total. The summed E-state index contributed by atoms with van der Waals surface area (Å²) in [7, 11) is 0. The molecule has 0 fully saturated rings. The van der Waals surface area contributed by atoms with E-state index in [9.17, 15) is 9.90 Å². The summed E-state index contributed by atoms with van der Waals surface area (Å²) in [5.74, 6) is 0.269. The Morgan fingerprint density at radius 2 is 2.25 bits per heavy atom. The van der Waals surface area contributed by atoms with Gasteiger partial charge in [-0.05, 0) is 40.5 Å². The molecule has 0 spiro atoms. The highest BCUT2D eigenvalue weighted by molar-refractivity contribution is 9.10. The molecular weight excluding hydrogens is 220 g/mol. The molecule has 0 atom stereocenters. The third-order valence-corrected chi connectivity index (χ3v) is 2.13. The fourth-order valence-corrected chi connectivity index (χ4v) is 1.20. The smallest absolute Gasteiger partial charge is 0.134 e. The van der Waals surface area contributed by atoms with Crippen molar-refractivity contribution in [1.29, 1.82) is 0 Å². The Morgan fingerprint density at radius 3 is 2.75 bits per heavy atom. The second kappa shape index (κ2) is 3.72. The number of ketones is 1. The van der Waals surface area contributed by atoms with Gasteiger partial charge in [0.25, 0.3) is 0 Å². The van der Waals surface area contributed by atoms with Crippen molar-refractivity contribution in [2.24, 2.45) is 0 Å². The van der Waals surface area contributed by atoms with Crippen molar-refractivity contribution in [1.82, 2.24) is 0 Å². The van der Waals surface area contributed by atoms with Crippen molar-refractivity contribution >= 4 is 21.7 Å². The molecule has 0 aliphatic heterocycles. The summed E-state index contributed by atoms with van der Waals surface area (Å²) < 4.78 is 0.648. The minimum Gasteiger partial charge on any atom is -0.507 e. The van der Waals surface area contributed by atoms with E-state index in [1.54, 1.807) is 12.1 Å². The number of halogens is 1. The summed E-state index contributed by atoms with van der Waals surface area (Å²) in [5, 5.41) is 9.25. The van der Waals surface area contributed by atoms with Crippen molar-refractivity contribution in [3.8, 4) is 5.75 Å². The number of Topliss-reactive ketones (excluding diaryl/α,β-unsaturated/α-hetero) is 1. The Hall–Kier alpha value is -0.830. The number of hydrogen-bond donors (Lipinski definition) is 1. The maximum Gasteiger partial charge on any atom is 0.134 e. The number of aromatic hydroxyl groups is 1. The fraction of sp³-hybridized carbons (Fsp3) is 0.222. The predicted molar refractivity (Wildman–Crippen MR) is 50.2 cm³/mol. The molecule has 0 aliphatic carbocycles. The molecule has 0 aromatic heterocycles. The van der Waals surface area contributed by atoms with E-state index in [-0.39, 0.29) is 11.5 Å². The molecule has 0 radical (unpaired) electrons. The number of rotatable bonds is 2. The average Bonchev–Trinajstić information content (AvgIpc) is 1.96. The van der Waals surface area contributed by atoms with Crippen LogP contribution in [-0.4, -0.2) is 10.9 Å². The van der Waals surface area contributed by atoms with Crippen LogP contribution >= 0.6 is 15.9 Å². The first-order chi connectivity index (χ1) is 5.59. The van der Waals surface area contributed by atoms with Crippen LogP contribution in [0.2, 0.25) is 0 Å². The lowest BCUT2D eigenvalue weighted by molar-refractivity contribution is -0.116. The third kappa shape index (κ3) is 2.34. The molecule has 0 saturated carbocycles. The molecule has 0 heterocycles. The largest absolute Gasteiger partial charge is 0.507 e. The predicted octanol–water partition coefficient (Wildman–Crippen LogP) is 2.29. The van der Waals surface area contributed by atoms with E-state index in [1.165, 1.54) is 6.92 Å². The highest BCUT2D eigenvalue weighted by Gasteiger charge is 2.01. The van der Waals surface area contributed by atoms with E-state index >= 15 is 0 Å². The van der Waals surface area contributed by atoms with Crippen molar-refractivity contribution in [3.05, 3.63) is 28.2 Å². The number of benzene rings is 1. The van der Waals surface area contributed by atoms with Gasteiger partial charge in [-0.1, -0.05) is 6.07 Å². The quantitative estimate of drug-likeness (QED) is 0.844. The van der Waals surface area contributed by atoms with Gasteiger partial charge in [0, 0.05) is 6.42 Å². The number of carbonyl (C=O) groups is 1. The molecule has 0 saturated heterocycles. The van der Waals surface area contributed by atoms with E-state index in [1.807, 2.05) is 6.07 Å². The summed E-state index contributed by atoms with van der Waals surface area (Å²) in [4.78, 5) is 10.7. The summed E-state index contributed by atoms with van der Waals surface area (Å²) in [6, 6.07) is 5.13. The van der Waals surface area contributed by atoms with Crippen LogP contribution in [0.15, 0.2) is 22.7 Å². The SMILES string of the molecule is CC(=O)Cc1ccc(Br)c(O)c1. The van der Waals surface area contributed by atoms with Gasteiger partial charge in [-0.2, -0.15) is 0 Å². The lowest BCUT2D eigenvalue weighted by Gasteiger charge is -2.00. The van der Waals surface area contributed by atoms with Crippen molar-refractivity contribution in [3.63, 3.8) is 0 Å². The minimum absolute atomic E-state index is 0.0942. The van der Waals surface area contributed by atoms with Crippen LogP contribution in [0.4, 0.5) is 0 Å². The van der Waals surface area contributed by atoms with Gasteiger partial charge in [-0.25, -0.2) is 0 Å². The van der Waals surface area contributed by atoms with Crippen LogP contribution < -0.4 is 0 Å². The zero-order valence-electron chi connectivity index (χ0n) is 6.67. The Labute approximate surface area is 79.3 Å². The highest BCUT2D eigenvalue weighted by Crippen LogP contribution is 2.24. The van der Waals surface area contributed by atoms with Crippen LogP contribution in [0.5, 0.6) is 5.75 Å². The number of carbonyl (C=O) groups excluding carboxylic acids is 1.